The Morgan fingerprint density at radius 1 is 0.491 bits per heavy atom. The Morgan fingerprint density at radius 3 is 1.23 bits per heavy atom. The number of rotatable bonds is 11. The monoisotopic (exact) mass is 762 g/mol. The van der Waals surface area contributed by atoms with Gasteiger partial charge in [-0.1, -0.05) is 182 Å². The minimum atomic E-state index is -3.08. The van der Waals surface area contributed by atoms with Gasteiger partial charge in [-0.2, -0.15) is 0 Å². The Balaban J connectivity index is 1.27. The van der Waals surface area contributed by atoms with Gasteiger partial charge in [-0.25, -0.2) is 0 Å². The average molecular weight is 763 g/mol. The predicted molar refractivity (Wildman–Crippen MR) is 229 cm³/mol. The molecule has 0 N–H and O–H groups in total. The molecular formula is C46H42O3S2Si2. The van der Waals surface area contributed by atoms with Gasteiger partial charge in [-0.05, 0) is 61.2 Å². The number of benzene rings is 6. The Bertz CT molecular complexity index is 1920. The minimum absolute atomic E-state index is 0.342. The van der Waals surface area contributed by atoms with E-state index in [-0.39, 0.29) is 6.10 Å². The Kier molecular flexibility index (Phi) is 11.3. The van der Waals surface area contributed by atoms with Gasteiger partial charge in [0.25, 0.3) is 16.6 Å². The fraction of sp³-hybridized carbons (Fsp3) is 0.130. The molecule has 53 heavy (non-hydrogen) atoms. The maximum atomic E-state index is 7.79. The fourth-order valence-electron chi connectivity index (χ4n) is 7.41. The zero-order valence-corrected chi connectivity index (χ0v) is 33.1. The molecule has 0 unspecified atom stereocenters. The lowest BCUT2D eigenvalue weighted by Crippen LogP contribution is -2.72. The van der Waals surface area contributed by atoms with Crippen LogP contribution in [0.25, 0.3) is 0 Å². The zero-order valence-electron chi connectivity index (χ0n) is 29.5. The third kappa shape index (κ3) is 7.43. The normalized spacial score (nSPS) is 17.7. The van der Waals surface area contributed by atoms with Crippen molar-refractivity contribution in [3.63, 3.8) is 0 Å². The first-order chi connectivity index (χ1) is 26.3. The predicted octanol–water partition coefficient (Wildman–Crippen LogP) is 6.72. The van der Waals surface area contributed by atoms with Gasteiger partial charge in [0.2, 0.25) is 0 Å². The summed E-state index contributed by atoms with van der Waals surface area (Å²) in [7, 11) is -6.11. The van der Waals surface area contributed by atoms with Crippen LogP contribution >= 0.6 is 23.5 Å². The van der Waals surface area contributed by atoms with Crippen molar-refractivity contribution in [3.05, 3.63) is 204 Å². The smallest absolute Gasteiger partial charge is 0.288 e. The van der Waals surface area contributed by atoms with Crippen molar-refractivity contribution in [2.75, 3.05) is 18.1 Å². The van der Waals surface area contributed by atoms with Crippen LogP contribution in [0.1, 0.15) is 6.42 Å². The van der Waals surface area contributed by atoms with Crippen LogP contribution in [0.15, 0.2) is 204 Å². The van der Waals surface area contributed by atoms with E-state index in [1.165, 1.54) is 41.8 Å². The molecule has 0 bridgehead atoms. The van der Waals surface area contributed by atoms with Crippen LogP contribution in [0.3, 0.4) is 0 Å². The van der Waals surface area contributed by atoms with Gasteiger partial charge in [-0.3, -0.25) is 0 Å². The third-order valence-corrected chi connectivity index (χ3v) is 20.6. The summed E-state index contributed by atoms with van der Waals surface area (Å²) in [6.07, 6.45) is 4.80. The van der Waals surface area contributed by atoms with E-state index in [0.29, 0.717) is 6.61 Å². The van der Waals surface area contributed by atoms with Crippen LogP contribution in [0.4, 0.5) is 0 Å². The van der Waals surface area contributed by atoms with Crippen molar-refractivity contribution in [2.45, 2.75) is 18.6 Å². The lowest BCUT2D eigenvalue weighted by molar-refractivity contribution is -0.00191. The third-order valence-electron chi connectivity index (χ3n) is 9.90. The molecule has 2 aliphatic rings. The zero-order chi connectivity index (χ0) is 35.8. The van der Waals surface area contributed by atoms with E-state index >= 15 is 0 Å². The van der Waals surface area contributed by atoms with E-state index in [1.807, 2.05) is 23.5 Å². The molecule has 0 spiro atoms. The van der Waals surface area contributed by atoms with Crippen LogP contribution in [0.5, 0.6) is 0 Å². The summed E-state index contributed by atoms with van der Waals surface area (Å²) in [4.78, 5) is 0. The molecular weight excluding hydrogens is 721 g/mol. The first-order valence-corrected chi connectivity index (χ1v) is 24.1. The Labute approximate surface area is 324 Å². The molecule has 1 fully saturated rings. The van der Waals surface area contributed by atoms with E-state index in [2.05, 4.69) is 194 Å². The molecule has 0 saturated carbocycles. The highest BCUT2D eigenvalue weighted by Gasteiger charge is 2.48. The molecule has 264 valence electrons. The molecule has 0 amide bonds. The van der Waals surface area contributed by atoms with Crippen LogP contribution in [-0.4, -0.2) is 47.0 Å². The molecule has 2 heterocycles. The molecule has 2 atom stereocenters. The molecule has 6 aromatic rings. The van der Waals surface area contributed by atoms with Gasteiger partial charge < -0.3 is 13.6 Å². The van der Waals surface area contributed by atoms with Gasteiger partial charge in [0.15, 0.2) is 0 Å². The quantitative estimate of drug-likeness (QED) is 0.108. The number of ether oxygens (including phenoxy) is 1. The Hall–Kier alpha value is -4.35. The number of allylic oxidation sites excluding steroid dienone is 1. The van der Waals surface area contributed by atoms with Crippen molar-refractivity contribution in [2.24, 2.45) is 0 Å². The molecule has 0 radical (unpaired) electrons. The van der Waals surface area contributed by atoms with E-state index < -0.39 is 22.7 Å². The molecule has 7 heteroatoms. The largest absolute Gasteiger partial charge is 0.483 e. The topological polar surface area (TPSA) is 27.7 Å². The second kappa shape index (κ2) is 16.8. The van der Waals surface area contributed by atoms with Gasteiger partial charge in [0, 0.05) is 0 Å². The summed E-state index contributed by atoms with van der Waals surface area (Å²) in [5.74, 6) is 3.12. The van der Waals surface area contributed by atoms with Crippen molar-refractivity contribution in [1.82, 2.24) is 0 Å². The Morgan fingerprint density at radius 2 is 0.849 bits per heavy atom. The summed E-state index contributed by atoms with van der Waals surface area (Å²) >= 11 is 3.79. The highest BCUT2D eigenvalue weighted by molar-refractivity contribution is 8.22. The van der Waals surface area contributed by atoms with Crippen molar-refractivity contribution < 1.29 is 13.6 Å². The first-order valence-electron chi connectivity index (χ1n) is 18.3. The summed E-state index contributed by atoms with van der Waals surface area (Å²) in [6.45, 7) is 0.342. The number of hydrogen-bond donors (Lipinski definition) is 0. The van der Waals surface area contributed by atoms with Gasteiger partial charge in [-0.15, -0.1) is 23.5 Å². The van der Waals surface area contributed by atoms with Crippen molar-refractivity contribution in [1.29, 1.82) is 0 Å². The van der Waals surface area contributed by atoms with Gasteiger partial charge in [0.1, 0.15) is 18.0 Å². The standard InChI is InChI=1S/C46H42O3S2Si2/c1-7-20-37(21-8-1)52(38-22-9-2-10-23-38,39-24-11-3-12-25-39)47-36-45-43(32-33-44(48-45)46-50-34-19-35-51-46)49-53(40-26-13-4-14-27-40,41-28-15-5-16-29-41)42-30-17-6-18-31-42/h1-18,20-33,43,45H,19,34-36H2/t43-,45+/m0/s1. The van der Waals surface area contributed by atoms with Gasteiger partial charge in [0.05, 0.1) is 10.8 Å². The molecule has 2 aliphatic heterocycles. The van der Waals surface area contributed by atoms with E-state index in [1.54, 1.807) is 0 Å². The van der Waals surface area contributed by atoms with Crippen LogP contribution in [0, 0.1) is 0 Å². The number of thioether (sulfide) groups is 2. The molecule has 0 aromatic heterocycles. The highest BCUT2D eigenvalue weighted by atomic mass is 32.2. The van der Waals surface area contributed by atoms with E-state index in [4.69, 9.17) is 13.6 Å². The average Bonchev–Trinajstić information content (AvgIpc) is 3.26. The lowest BCUT2D eigenvalue weighted by atomic mass is 10.1. The van der Waals surface area contributed by atoms with E-state index in [0.717, 1.165) is 17.3 Å². The second-order valence-electron chi connectivity index (χ2n) is 13.2. The SMILES string of the molecule is C1=C[C@H](O[Si](c2ccccc2)(c2ccccc2)c2ccccc2)[C@@H](CO[Si](c2ccccc2)(c2ccccc2)c2ccccc2)OC1=C1SCCCS1. The lowest BCUT2D eigenvalue weighted by Gasteiger charge is -2.41. The molecule has 6 aromatic carbocycles. The van der Waals surface area contributed by atoms with Crippen molar-refractivity contribution >= 4 is 71.3 Å². The van der Waals surface area contributed by atoms with Gasteiger partial charge >= 0.3 is 0 Å². The van der Waals surface area contributed by atoms with Crippen LogP contribution < -0.4 is 31.1 Å². The summed E-state index contributed by atoms with van der Waals surface area (Å²) in [5.41, 5.74) is 0. The van der Waals surface area contributed by atoms with Crippen LogP contribution in [-0.2, 0) is 13.6 Å². The maximum Gasteiger partial charge on any atom is 0.288 e. The molecule has 0 aliphatic carbocycles. The summed E-state index contributed by atoms with van der Waals surface area (Å²) in [5, 5.41) is 7.15. The van der Waals surface area contributed by atoms with Crippen molar-refractivity contribution in [3.8, 4) is 0 Å². The summed E-state index contributed by atoms with van der Waals surface area (Å²) < 4.78 is 23.8. The molecule has 8 rings (SSSR count). The fourth-order valence-corrected chi connectivity index (χ4v) is 17.8. The molecule has 1 saturated heterocycles. The summed E-state index contributed by atoms with van der Waals surface area (Å²) in [6, 6.07) is 64.7. The second-order valence-corrected chi connectivity index (χ2v) is 22.4. The number of hydrogen-bond acceptors (Lipinski definition) is 5. The first kappa shape index (κ1) is 35.7. The highest BCUT2D eigenvalue weighted by Crippen LogP contribution is 2.40. The maximum absolute atomic E-state index is 7.79. The minimum Gasteiger partial charge on any atom is -0.483 e. The van der Waals surface area contributed by atoms with Crippen LogP contribution in [0.2, 0.25) is 0 Å². The molecule has 3 nitrogen and oxygen atoms in total. The van der Waals surface area contributed by atoms with E-state index in [9.17, 15) is 0 Å².